The lowest BCUT2D eigenvalue weighted by Crippen LogP contribution is -2.18. The van der Waals surface area contributed by atoms with E-state index < -0.39 is 0 Å². The number of nitrogens with two attached hydrogens (primary N) is 1. The highest BCUT2D eigenvalue weighted by Crippen LogP contribution is 2.26. The summed E-state index contributed by atoms with van der Waals surface area (Å²) in [5.74, 6) is 0.335. The van der Waals surface area contributed by atoms with Crippen molar-refractivity contribution >= 4 is 5.78 Å². The van der Waals surface area contributed by atoms with E-state index in [4.69, 9.17) is 5.73 Å². The van der Waals surface area contributed by atoms with Crippen LogP contribution in [0.15, 0.2) is 12.3 Å². The second kappa shape index (κ2) is 6.69. The van der Waals surface area contributed by atoms with Gasteiger partial charge < -0.3 is 5.73 Å². The summed E-state index contributed by atoms with van der Waals surface area (Å²) < 4.78 is 1.83. The van der Waals surface area contributed by atoms with Crippen LogP contribution in [-0.2, 0) is 18.3 Å². The summed E-state index contributed by atoms with van der Waals surface area (Å²) in [4.78, 5) is 11.8. The second-order valence-electron chi connectivity index (χ2n) is 5.69. The van der Waals surface area contributed by atoms with E-state index in [0.29, 0.717) is 25.2 Å². The van der Waals surface area contributed by atoms with Crippen LogP contribution in [-0.4, -0.2) is 22.1 Å². The van der Waals surface area contributed by atoms with Crippen molar-refractivity contribution in [2.24, 2.45) is 18.2 Å². The molecule has 1 heterocycles. The molecule has 0 saturated heterocycles. The van der Waals surface area contributed by atoms with E-state index in [1.54, 1.807) is 6.20 Å². The molecule has 0 spiro atoms. The maximum Gasteiger partial charge on any atom is 0.133 e. The SMILES string of the molecule is Cn1nccc1CCC(=O)CCC(C)(C)CCN. The molecule has 0 amide bonds. The van der Waals surface area contributed by atoms with Crippen LogP contribution in [0.25, 0.3) is 0 Å². The number of hydrogen-bond acceptors (Lipinski definition) is 3. The molecule has 0 aromatic carbocycles. The molecule has 0 aliphatic carbocycles. The summed E-state index contributed by atoms with van der Waals surface area (Å²) in [6.45, 7) is 5.04. The van der Waals surface area contributed by atoms with Crippen LogP contribution in [0.5, 0.6) is 0 Å². The molecule has 0 aliphatic heterocycles. The Morgan fingerprint density at radius 2 is 2.11 bits per heavy atom. The minimum absolute atomic E-state index is 0.178. The van der Waals surface area contributed by atoms with Gasteiger partial charge in [-0.1, -0.05) is 13.8 Å². The van der Waals surface area contributed by atoms with Crippen molar-refractivity contribution in [2.75, 3.05) is 6.54 Å². The number of aryl methyl sites for hydroxylation is 2. The molecule has 18 heavy (non-hydrogen) atoms. The largest absolute Gasteiger partial charge is 0.330 e. The quantitative estimate of drug-likeness (QED) is 0.769. The monoisotopic (exact) mass is 251 g/mol. The third kappa shape index (κ3) is 5.00. The zero-order valence-corrected chi connectivity index (χ0v) is 11.8. The standard InChI is InChI=1S/C14H25N3O/c1-14(2,9-10-15)8-6-13(18)5-4-12-7-11-16-17(12)3/h7,11H,4-6,8-10,15H2,1-3H3. The molecule has 4 nitrogen and oxygen atoms in total. The minimum atomic E-state index is 0.178. The predicted molar refractivity (Wildman–Crippen MR) is 73.2 cm³/mol. The van der Waals surface area contributed by atoms with Gasteiger partial charge in [-0.25, -0.2) is 0 Å². The molecule has 0 atom stereocenters. The molecule has 0 saturated carbocycles. The molecule has 0 fully saturated rings. The number of ketones is 1. The summed E-state index contributed by atoms with van der Waals surface area (Å²) in [6.07, 6.45) is 5.72. The van der Waals surface area contributed by atoms with Gasteiger partial charge in [0.2, 0.25) is 0 Å². The van der Waals surface area contributed by atoms with E-state index >= 15 is 0 Å². The van der Waals surface area contributed by atoms with Gasteiger partial charge in [0.25, 0.3) is 0 Å². The van der Waals surface area contributed by atoms with Crippen LogP contribution in [0.3, 0.4) is 0 Å². The number of rotatable bonds is 8. The molecule has 102 valence electrons. The van der Waals surface area contributed by atoms with Crippen LogP contribution < -0.4 is 5.73 Å². The molecule has 1 rings (SSSR count). The smallest absolute Gasteiger partial charge is 0.133 e. The van der Waals surface area contributed by atoms with Crippen LogP contribution in [0, 0.1) is 5.41 Å². The molecular formula is C14H25N3O. The van der Waals surface area contributed by atoms with Crippen LogP contribution in [0.1, 0.15) is 45.2 Å². The van der Waals surface area contributed by atoms with Crippen molar-refractivity contribution in [1.29, 1.82) is 0 Å². The predicted octanol–water partition coefficient (Wildman–Crippen LogP) is 2.08. The molecule has 0 bridgehead atoms. The van der Waals surface area contributed by atoms with Crippen molar-refractivity contribution in [3.63, 3.8) is 0 Å². The Labute approximate surface area is 110 Å². The van der Waals surface area contributed by atoms with E-state index in [1.807, 2.05) is 17.8 Å². The zero-order valence-electron chi connectivity index (χ0n) is 11.8. The fourth-order valence-corrected chi connectivity index (χ4v) is 2.03. The molecule has 2 N–H and O–H groups in total. The van der Waals surface area contributed by atoms with Gasteiger partial charge in [0, 0.05) is 31.8 Å². The van der Waals surface area contributed by atoms with Gasteiger partial charge in [-0.05, 0) is 37.3 Å². The molecule has 1 aromatic heterocycles. The molecule has 4 heteroatoms. The van der Waals surface area contributed by atoms with Gasteiger partial charge in [-0.15, -0.1) is 0 Å². The summed E-state index contributed by atoms with van der Waals surface area (Å²) in [7, 11) is 1.91. The normalized spacial score (nSPS) is 11.8. The minimum Gasteiger partial charge on any atom is -0.330 e. The third-order valence-electron chi connectivity index (χ3n) is 3.48. The molecule has 0 radical (unpaired) electrons. The van der Waals surface area contributed by atoms with Gasteiger partial charge in [0.1, 0.15) is 5.78 Å². The molecular weight excluding hydrogens is 226 g/mol. The van der Waals surface area contributed by atoms with Crippen LogP contribution >= 0.6 is 0 Å². The lowest BCUT2D eigenvalue weighted by Gasteiger charge is -2.23. The first-order valence-electron chi connectivity index (χ1n) is 6.63. The first-order valence-corrected chi connectivity index (χ1v) is 6.63. The number of hydrogen-bond donors (Lipinski definition) is 1. The number of carbonyl (C=O) groups is 1. The Hall–Kier alpha value is -1.16. The van der Waals surface area contributed by atoms with Crippen molar-refractivity contribution in [3.05, 3.63) is 18.0 Å². The number of aromatic nitrogens is 2. The van der Waals surface area contributed by atoms with E-state index in [9.17, 15) is 4.79 Å². The van der Waals surface area contributed by atoms with E-state index in [-0.39, 0.29) is 5.41 Å². The van der Waals surface area contributed by atoms with Gasteiger partial charge in [0.15, 0.2) is 0 Å². The van der Waals surface area contributed by atoms with Crippen LogP contribution in [0.4, 0.5) is 0 Å². The lowest BCUT2D eigenvalue weighted by atomic mass is 9.83. The highest BCUT2D eigenvalue weighted by atomic mass is 16.1. The fourth-order valence-electron chi connectivity index (χ4n) is 2.03. The van der Waals surface area contributed by atoms with Crippen LogP contribution in [0.2, 0.25) is 0 Å². The van der Waals surface area contributed by atoms with Crippen molar-refractivity contribution in [3.8, 4) is 0 Å². The average molecular weight is 251 g/mol. The maximum absolute atomic E-state index is 11.8. The number of nitrogens with zero attached hydrogens (tertiary/aromatic N) is 2. The maximum atomic E-state index is 11.8. The first kappa shape index (κ1) is 14.9. The van der Waals surface area contributed by atoms with E-state index in [0.717, 1.165) is 25.0 Å². The topological polar surface area (TPSA) is 60.9 Å². The van der Waals surface area contributed by atoms with Gasteiger partial charge >= 0.3 is 0 Å². The Morgan fingerprint density at radius 1 is 1.39 bits per heavy atom. The Balaban J connectivity index is 2.28. The Kier molecular flexibility index (Phi) is 5.54. The third-order valence-corrected chi connectivity index (χ3v) is 3.48. The van der Waals surface area contributed by atoms with E-state index in [1.165, 1.54) is 0 Å². The number of Topliss-reactive ketones (excluding diaryl/α,β-unsaturated/α-hetero) is 1. The highest BCUT2D eigenvalue weighted by molar-refractivity contribution is 5.78. The summed E-state index contributed by atoms with van der Waals surface area (Å²) in [5.41, 5.74) is 6.86. The fraction of sp³-hybridized carbons (Fsp3) is 0.714. The average Bonchev–Trinajstić information content (AvgIpc) is 2.70. The van der Waals surface area contributed by atoms with E-state index in [2.05, 4.69) is 18.9 Å². The molecule has 1 aromatic rings. The number of carbonyl (C=O) groups excluding carboxylic acids is 1. The summed E-state index contributed by atoms with van der Waals surface area (Å²) in [5, 5.41) is 4.10. The summed E-state index contributed by atoms with van der Waals surface area (Å²) in [6, 6.07) is 1.96. The van der Waals surface area contributed by atoms with Gasteiger partial charge in [-0.3, -0.25) is 9.48 Å². The Bertz CT molecular complexity index is 382. The van der Waals surface area contributed by atoms with Crippen molar-refractivity contribution < 1.29 is 4.79 Å². The molecule has 0 unspecified atom stereocenters. The van der Waals surface area contributed by atoms with Gasteiger partial charge in [-0.2, -0.15) is 5.10 Å². The highest BCUT2D eigenvalue weighted by Gasteiger charge is 2.18. The Morgan fingerprint density at radius 3 is 2.67 bits per heavy atom. The van der Waals surface area contributed by atoms with Gasteiger partial charge in [0.05, 0.1) is 0 Å². The summed E-state index contributed by atoms with van der Waals surface area (Å²) >= 11 is 0. The van der Waals surface area contributed by atoms with Crippen molar-refractivity contribution in [2.45, 2.75) is 46.0 Å². The zero-order chi connectivity index (χ0) is 13.6. The second-order valence-corrected chi connectivity index (χ2v) is 5.69. The molecule has 0 aliphatic rings. The van der Waals surface area contributed by atoms with Crippen molar-refractivity contribution in [1.82, 2.24) is 9.78 Å². The lowest BCUT2D eigenvalue weighted by molar-refractivity contribution is -0.119. The first-order chi connectivity index (χ1) is 8.44.